The molecule has 1 unspecified atom stereocenters. The summed E-state index contributed by atoms with van der Waals surface area (Å²) in [6, 6.07) is -0.146. The Labute approximate surface area is 120 Å². The van der Waals surface area contributed by atoms with Crippen LogP contribution in [0.5, 0.6) is 0 Å². The number of hydrogen-bond donors (Lipinski definition) is 2. The number of aryl methyl sites for hydroxylation is 1. The molecule has 3 heterocycles. The molecule has 0 spiro atoms. The maximum atomic E-state index is 12.5. The van der Waals surface area contributed by atoms with Gasteiger partial charge in [-0.05, 0) is 13.3 Å². The maximum Gasteiger partial charge on any atom is 0.255 e. The Morgan fingerprint density at radius 2 is 2.29 bits per heavy atom. The molecular weight excluding hydrogens is 270 g/mol. The van der Waals surface area contributed by atoms with E-state index < -0.39 is 0 Å². The molecule has 3 aromatic heterocycles. The summed E-state index contributed by atoms with van der Waals surface area (Å²) in [6.45, 7) is 3.86. The third-order valence-electron chi connectivity index (χ3n) is 3.35. The van der Waals surface area contributed by atoms with Gasteiger partial charge in [0.05, 0.1) is 23.5 Å². The topological polar surface area (TPSA) is 101 Å². The van der Waals surface area contributed by atoms with Crippen LogP contribution in [0.15, 0.2) is 24.9 Å². The van der Waals surface area contributed by atoms with E-state index in [-0.39, 0.29) is 11.9 Å². The van der Waals surface area contributed by atoms with Crippen LogP contribution in [0.1, 0.15) is 41.5 Å². The third-order valence-corrected chi connectivity index (χ3v) is 3.35. The highest BCUT2D eigenvalue weighted by Crippen LogP contribution is 2.14. The Kier molecular flexibility index (Phi) is 3.35. The van der Waals surface area contributed by atoms with E-state index in [9.17, 15) is 4.79 Å². The van der Waals surface area contributed by atoms with Gasteiger partial charge in [-0.25, -0.2) is 9.50 Å². The summed E-state index contributed by atoms with van der Waals surface area (Å²) in [4.78, 5) is 20.6. The highest BCUT2D eigenvalue weighted by atomic mass is 16.1. The molecule has 0 fully saturated rings. The van der Waals surface area contributed by atoms with Crippen molar-refractivity contribution in [2.24, 2.45) is 0 Å². The molecule has 0 saturated heterocycles. The maximum absolute atomic E-state index is 12.5. The largest absolute Gasteiger partial charge is 0.345 e. The number of amides is 1. The number of rotatable bonds is 4. The average Bonchev–Trinajstić information content (AvgIpc) is 3.16. The number of carbonyl (C=O) groups excluding carboxylic acids is 1. The van der Waals surface area contributed by atoms with Crippen LogP contribution in [0.25, 0.3) is 5.78 Å². The predicted octanol–water partition coefficient (Wildman–Crippen LogP) is 0.901. The first-order valence-electron chi connectivity index (χ1n) is 6.68. The minimum atomic E-state index is -0.189. The highest BCUT2D eigenvalue weighted by Gasteiger charge is 2.18. The number of carbonyl (C=O) groups is 1. The summed E-state index contributed by atoms with van der Waals surface area (Å²) in [5, 5.41) is 13.7. The standard InChI is InChI=1S/C13H15N7O/c1-3-11-10(6-14-13-15-7-18-20(11)13)12(21)19-8(2)9-4-16-17-5-9/h4-8H,3H2,1-2H3,(H,16,17)(H,19,21). The Morgan fingerprint density at radius 3 is 3.00 bits per heavy atom. The molecule has 3 rings (SSSR count). The van der Waals surface area contributed by atoms with Gasteiger partial charge in [0.25, 0.3) is 11.7 Å². The number of H-pyrrole nitrogens is 1. The van der Waals surface area contributed by atoms with Crippen molar-refractivity contribution in [2.75, 3.05) is 0 Å². The molecule has 108 valence electrons. The molecule has 1 atom stereocenters. The van der Waals surface area contributed by atoms with Gasteiger partial charge in [0.2, 0.25) is 0 Å². The first-order valence-corrected chi connectivity index (χ1v) is 6.68. The summed E-state index contributed by atoms with van der Waals surface area (Å²) < 4.78 is 1.59. The number of nitrogens with one attached hydrogen (secondary N) is 2. The van der Waals surface area contributed by atoms with E-state index in [0.29, 0.717) is 17.8 Å². The van der Waals surface area contributed by atoms with Gasteiger partial charge in [-0.15, -0.1) is 0 Å². The number of fused-ring (bicyclic) bond motifs is 1. The Hall–Kier alpha value is -2.77. The molecule has 3 aromatic rings. The van der Waals surface area contributed by atoms with Crippen molar-refractivity contribution in [1.82, 2.24) is 35.1 Å². The first-order chi connectivity index (χ1) is 10.2. The molecule has 0 aliphatic rings. The van der Waals surface area contributed by atoms with E-state index in [4.69, 9.17) is 0 Å². The highest BCUT2D eigenvalue weighted by molar-refractivity contribution is 5.95. The minimum absolute atomic E-state index is 0.146. The molecule has 8 nitrogen and oxygen atoms in total. The second-order valence-electron chi connectivity index (χ2n) is 4.67. The van der Waals surface area contributed by atoms with Gasteiger partial charge >= 0.3 is 0 Å². The molecule has 0 radical (unpaired) electrons. The van der Waals surface area contributed by atoms with E-state index in [1.54, 1.807) is 23.1 Å². The van der Waals surface area contributed by atoms with Gasteiger partial charge in [-0.1, -0.05) is 6.92 Å². The third kappa shape index (κ3) is 2.35. The van der Waals surface area contributed by atoms with E-state index in [1.165, 1.54) is 6.33 Å². The molecule has 0 aliphatic heterocycles. The van der Waals surface area contributed by atoms with Crippen LogP contribution >= 0.6 is 0 Å². The number of hydrogen-bond acceptors (Lipinski definition) is 5. The molecule has 0 bridgehead atoms. The van der Waals surface area contributed by atoms with Gasteiger partial charge in [0, 0.05) is 18.0 Å². The second kappa shape index (κ2) is 5.31. The van der Waals surface area contributed by atoms with Crippen LogP contribution < -0.4 is 5.32 Å². The Bertz CT molecular complexity index is 762. The summed E-state index contributed by atoms with van der Waals surface area (Å²) in [6.07, 6.45) is 7.07. The molecule has 0 aromatic carbocycles. The smallest absolute Gasteiger partial charge is 0.255 e. The van der Waals surface area contributed by atoms with Crippen molar-refractivity contribution in [3.05, 3.63) is 41.7 Å². The molecule has 0 saturated carbocycles. The van der Waals surface area contributed by atoms with Crippen LogP contribution in [0, 0.1) is 0 Å². The Morgan fingerprint density at radius 1 is 1.43 bits per heavy atom. The molecule has 1 amide bonds. The van der Waals surface area contributed by atoms with E-state index in [1.807, 2.05) is 13.8 Å². The lowest BCUT2D eigenvalue weighted by molar-refractivity contribution is 0.0938. The fourth-order valence-corrected chi connectivity index (χ4v) is 2.21. The van der Waals surface area contributed by atoms with Gasteiger partial charge in [0.15, 0.2) is 0 Å². The van der Waals surface area contributed by atoms with E-state index in [2.05, 4.69) is 30.6 Å². The SMILES string of the molecule is CCc1c(C(=O)NC(C)c2cn[nH]c2)cnc2ncnn12. The van der Waals surface area contributed by atoms with Crippen LogP contribution in [0.2, 0.25) is 0 Å². The van der Waals surface area contributed by atoms with Crippen molar-refractivity contribution in [2.45, 2.75) is 26.3 Å². The van der Waals surface area contributed by atoms with Gasteiger partial charge in [0.1, 0.15) is 6.33 Å². The molecule has 2 N–H and O–H groups in total. The summed E-state index contributed by atoms with van der Waals surface area (Å²) in [5.74, 6) is 0.303. The second-order valence-corrected chi connectivity index (χ2v) is 4.67. The van der Waals surface area contributed by atoms with Crippen LogP contribution in [-0.4, -0.2) is 35.7 Å². The number of aromatic nitrogens is 6. The zero-order valence-corrected chi connectivity index (χ0v) is 11.7. The van der Waals surface area contributed by atoms with Gasteiger partial charge in [-0.3, -0.25) is 9.89 Å². The van der Waals surface area contributed by atoms with Crippen molar-refractivity contribution in [3.63, 3.8) is 0 Å². The van der Waals surface area contributed by atoms with E-state index >= 15 is 0 Å². The lowest BCUT2D eigenvalue weighted by Gasteiger charge is -2.14. The van der Waals surface area contributed by atoms with Gasteiger partial charge < -0.3 is 5.32 Å². The predicted molar refractivity (Wildman–Crippen MR) is 74.6 cm³/mol. The summed E-state index contributed by atoms with van der Waals surface area (Å²) in [5.41, 5.74) is 2.21. The number of aromatic amines is 1. The fourth-order valence-electron chi connectivity index (χ4n) is 2.21. The van der Waals surface area contributed by atoms with Crippen LogP contribution in [0.4, 0.5) is 0 Å². The average molecular weight is 285 g/mol. The van der Waals surface area contributed by atoms with Crippen molar-refractivity contribution in [1.29, 1.82) is 0 Å². The van der Waals surface area contributed by atoms with E-state index in [0.717, 1.165) is 11.3 Å². The van der Waals surface area contributed by atoms with Crippen molar-refractivity contribution in [3.8, 4) is 0 Å². The minimum Gasteiger partial charge on any atom is -0.345 e. The Balaban J connectivity index is 1.90. The molecular formula is C13H15N7O. The zero-order valence-electron chi connectivity index (χ0n) is 11.7. The molecule has 8 heteroatoms. The lowest BCUT2D eigenvalue weighted by Crippen LogP contribution is -2.28. The summed E-state index contributed by atoms with van der Waals surface area (Å²) >= 11 is 0. The van der Waals surface area contributed by atoms with Crippen LogP contribution in [0.3, 0.4) is 0 Å². The van der Waals surface area contributed by atoms with Crippen molar-refractivity contribution >= 4 is 11.7 Å². The molecule has 0 aliphatic carbocycles. The zero-order chi connectivity index (χ0) is 14.8. The summed E-state index contributed by atoms with van der Waals surface area (Å²) in [7, 11) is 0. The lowest BCUT2D eigenvalue weighted by atomic mass is 10.1. The number of nitrogens with zero attached hydrogens (tertiary/aromatic N) is 5. The quantitative estimate of drug-likeness (QED) is 0.741. The van der Waals surface area contributed by atoms with Crippen molar-refractivity contribution < 1.29 is 4.79 Å². The normalized spacial score (nSPS) is 12.5. The van der Waals surface area contributed by atoms with Crippen LogP contribution in [-0.2, 0) is 6.42 Å². The fraction of sp³-hybridized carbons (Fsp3) is 0.308. The monoisotopic (exact) mass is 285 g/mol. The van der Waals surface area contributed by atoms with Gasteiger partial charge in [-0.2, -0.15) is 15.2 Å². The molecule has 21 heavy (non-hydrogen) atoms. The first kappa shape index (κ1) is 13.2.